The van der Waals surface area contributed by atoms with E-state index in [-0.39, 0.29) is 16.9 Å². The quantitative estimate of drug-likeness (QED) is 0.523. The molecular weight excluding hydrogens is 360 g/mol. The molecule has 1 heterocycles. The summed E-state index contributed by atoms with van der Waals surface area (Å²) in [6.07, 6.45) is 7.45. The third-order valence-electron chi connectivity index (χ3n) is 4.99. The van der Waals surface area contributed by atoms with Crippen molar-refractivity contribution in [2.75, 3.05) is 5.32 Å². The maximum Gasteiger partial charge on any atom is 0.237 e. The summed E-state index contributed by atoms with van der Waals surface area (Å²) >= 11 is 1.34. The maximum atomic E-state index is 12.4. The monoisotopic (exact) mass is 386 g/mol. The number of rotatable bonds is 8. The summed E-state index contributed by atoms with van der Waals surface area (Å²) in [5.41, 5.74) is 1.30. The Kier molecular flexibility index (Phi) is 6.66. The molecule has 1 aliphatic carbocycles. The van der Waals surface area contributed by atoms with E-state index in [1.165, 1.54) is 44.4 Å². The van der Waals surface area contributed by atoms with Gasteiger partial charge in [-0.2, -0.15) is 0 Å². The Labute approximate surface area is 163 Å². The SMILES string of the molecule is CC(=O)c1ccc(NC(=O)C(C)Sc2n[nH]c(CCC3CCCC3)n2)cc1. The average molecular weight is 387 g/mol. The number of H-pyrrole nitrogens is 1. The van der Waals surface area contributed by atoms with Crippen molar-refractivity contribution >= 4 is 29.1 Å². The molecule has 0 radical (unpaired) electrons. The number of benzene rings is 1. The number of hydrogen-bond donors (Lipinski definition) is 2. The van der Waals surface area contributed by atoms with Crippen LogP contribution in [0.4, 0.5) is 5.69 Å². The molecule has 1 aliphatic rings. The van der Waals surface area contributed by atoms with E-state index in [0.717, 1.165) is 24.6 Å². The topological polar surface area (TPSA) is 87.7 Å². The van der Waals surface area contributed by atoms with Gasteiger partial charge in [0.2, 0.25) is 11.1 Å². The van der Waals surface area contributed by atoms with Gasteiger partial charge in [-0.3, -0.25) is 14.7 Å². The first-order valence-corrected chi connectivity index (χ1v) is 10.4. The molecule has 1 fully saturated rings. The van der Waals surface area contributed by atoms with Crippen LogP contribution in [-0.2, 0) is 11.2 Å². The Morgan fingerprint density at radius 1 is 1.26 bits per heavy atom. The number of nitrogens with one attached hydrogen (secondary N) is 2. The number of thioether (sulfide) groups is 1. The van der Waals surface area contributed by atoms with Crippen molar-refractivity contribution in [2.45, 2.75) is 62.8 Å². The lowest BCUT2D eigenvalue weighted by atomic mass is 10.0. The molecule has 2 aromatic rings. The van der Waals surface area contributed by atoms with Crippen LogP contribution in [-0.4, -0.2) is 32.1 Å². The molecule has 1 aromatic heterocycles. The molecule has 144 valence electrons. The summed E-state index contributed by atoms with van der Waals surface area (Å²) in [4.78, 5) is 28.2. The average Bonchev–Trinajstić information content (AvgIpc) is 3.32. The molecule has 0 saturated heterocycles. The van der Waals surface area contributed by atoms with Crippen molar-refractivity contribution in [3.05, 3.63) is 35.7 Å². The highest BCUT2D eigenvalue weighted by Gasteiger charge is 2.19. The van der Waals surface area contributed by atoms with E-state index in [1.54, 1.807) is 24.3 Å². The number of amides is 1. The van der Waals surface area contributed by atoms with E-state index < -0.39 is 0 Å². The molecule has 3 rings (SSSR count). The fourth-order valence-electron chi connectivity index (χ4n) is 3.33. The van der Waals surface area contributed by atoms with Gasteiger partial charge in [-0.05, 0) is 50.5 Å². The minimum absolute atomic E-state index is 0.00476. The van der Waals surface area contributed by atoms with E-state index in [0.29, 0.717) is 16.4 Å². The van der Waals surface area contributed by atoms with E-state index >= 15 is 0 Å². The van der Waals surface area contributed by atoms with Crippen molar-refractivity contribution in [3.8, 4) is 0 Å². The van der Waals surface area contributed by atoms with Crippen LogP contribution in [0.25, 0.3) is 0 Å². The number of anilines is 1. The van der Waals surface area contributed by atoms with Crippen molar-refractivity contribution in [2.24, 2.45) is 5.92 Å². The Morgan fingerprint density at radius 2 is 1.96 bits per heavy atom. The first-order chi connectivity index (χ1) is 13.0. The number of aromatic nitrogens is 3. The largest absolute Gasteiger partial charge is 0.325 e. The number of nitrogens with zero attached hydrogens (tertiary/aromatic N) is 2. The van der Waals surface area contributed by atoms with Gasteiger partial charge in [0.1, 0.15) is 5.82 Å². The van der Waals surface area contributed by atoms with E-state index in [4.69, 9.17) is 0 Å². The first kappa shape index (κ1) is 19.6. The predicted molar refractivity (Wildman–Crippen MR) is 107 cm³/mol. The third kappa shape index (κ3) is 5.66. The standard InChI is InChI=1S/C20H26N4O2S/c1-13(25)16-8-10-17(11-9-16)21-19(26)14(2)27-20-22-18(23-24-20)12-7-15-5-3-4-6-15/h8-11,14-15H,3-7,12H2,1-2H3,(H,21,26)(H,22,23,24). The fourth-order valence-corrected chi connectivity index (χ4v) is 4.07. The summed E-state index contributed by atoms with van der Waals surface area (Å²) in [5.74, 6) is 1.61. The van der Waals surface area contributed by atoms with Crippen LogP contribution in [0.2, 0.25) is 0 Å². The predicted octanol–water partition coefficient (Wildman–Crippen LogP) is 4.25. The highest BCUT2D eigenvalue weighted by atomic mass is 32.2. The van der Waals surface area contributed by atoms with Crippen LogP contribution in [0.5, 0.6) is 0 Å². The highest BCUT2D eigenvalue weighted by Crippen LogP contribution is 2.28. The van der Waals surface area contributed by atoms with Crippen LogP contribution >= 0.6 is 11.8 Å². The number of aryl methyl sites for hydroxylation is 1. The van der Waals surface area contributed by atoms with Gasteiger partial charge < -0.3 is 5.32 Å². The number of ketones is 1. The molecule has 7 heteroatoms. The van der Waals surface area contributed by atoms with Crippen molar-refractivity contribution in [1.82, 2.24) is 15.2 Å². The van der Waals surface area contributed by atoms with Gasteiger partial charge in [-0.1, -0.05) is 37.4 Å². The van der Waals surface area contributed by atoms with Crippen LogP contribution in [0.1, 0.15) is 62.1 Å². The second kappa shape index (κ2) is 9.17. The molecule has 1 atom stereocenters. The van der Waals surface area contributed by atoms with Crippen LogP contribution < -0.4 is 5.32 Å². The molecule has 1 aromatic carbocycles. The number of carbonyl (C=O) groups excluding carboxylic acids is 2. The Morgan fingerprint density at radius 3 is 2.63 bits per heavy atom. The minimum Gasteiger partial charge on any atom is -0.325 e. The molecular formula is C20H26N4O2S. The second-order valence-electron chi connectivity index (χ2n) is 7.14. The summed E-state index contributed by atoms with van der Waals surface area (Å²) < 4.78 is 0. The lowest BCUT2D eigenvalue weighted by Gasteiger charge is -2.10. The molecule has 1 saturated carbocycles. The van der Waals surface area contributed by atoms with Crippen molar-refractivity contribution < 1.29 is 9.59 Å². The Bertz CT molecular complexity index is 782. The highest BCUT2D eigenvalue weighted by molar-refractivity contribution is 8.00. The summed E-state index contributed by atoms with van der Waals surface area (Å²) in [5, 5.41) is 10.4. The summed E-state index contributed by atoms with van der Waals surface area (Å²) in [6.45, 7) is 3.35. The second-order valence-corrected chi connectivity index (χ2v) is 8.44. The lowest BCUT2D eigenvalue weighted by molar-refractivity contribution is -0.115. The normalized spacial score (nSPS) is 15.6. The fraction of sp³-hybridized carbons (Fsp3) is 0.500. The lowest BCUT2D eigenvalue weighted by Crippen LogP contribution is -2.22. The molecule has 0 bridgehead atoms. The number of carbonyl (C=O) groups is 2. The number of hydrogen-bond acceptors (Lipinski definition) is 5. The van der Waals surface area contributed by atoms with Gasteiger partial charge in [0.15, 0.2) is 5.78 Å². The minimum atomic E-state index is -0.323. The third-order valence-corrected chi connectivity index (χ3v) is 5.95. The summed E-state index contributed by atoms with van der Waals surface area (Å²) in [7, 11) is 0. The van der Waals surface area contributed by atoms with Gasteiger partial charge in [-0.25, -0.2) is 4.98 Å². The smallest absolute Gasteiger partial charge is 0.237 e. The van der Waals surface area contributed by atoms with Crippen molar-refractivity contribution in [3.63, 3.8) is 0 Å². The van der Waals surface area contributed by atoms with Crippen LogP contribution in [0.3, 0.4) is 0 Å². The van der Waals surface area contributed by atoms with Crippen molar-refractivity contribution in [1.29, 1.82) is 0 Å². The molecule has 2 N–H and O–H groups in total. The Hall–Kier alpha value is -2.15. The molecule has 1 amide bonds. The number of Topliss-reactive ketones (excluding diaryl/α,β-unsaturated/α-hetero) is 1. The zero-order valence-electron chi connectivity index (χ0n) is 15.8. The zero-order chi connectivity index (χ0) is 19.2. The number of aromatic amines is 1. The summed E-state index contributed by atoms with van der Waals surface area (Å²) in [6, 6.07) is 6.89. The van der Waals surface area contributed by atoms with E-state index in [1.807, 2.05) is 6.92 Å². The molecule has 6 nitrogen and oxygen atoms in total. The van der Waals surface area contributed by atoms with E-state index in [9.17, 15) is 9.59 Å². The molecule has 27 heavy (non-hydrogen) atoms. The maximum absolute atomic E-state index is 12.4. The zero-order valence-corrected chi connectivity index (χ0v) is 16.6. The van der Waals surface area contributed by atoms with E-state index in [2.05, 4.69) is 20.5 Å². The van der Waals surface area contributed by atoms with Crippen LogP contribution in [0.15, 0.2) is 29.4 Å². The van der Waals surface area contributed by atoms with Gasteiger partial charge in [0.25, 0.3) is 0 Å². The van der Waals surface area contributed by atoms with Gasteiger partial charge >= 0.3 is 0 Å². The Balaban J connectivity index is 1.48. The molecule has 0 aliphatic heterocycles. The first-order valence-electron chi connectivity index (χ1n) is 9.51. The molecule has 1 unspecified atom stereocenters. The molecule has 0 spiro atoms. The van der Waals surface area contributed by atoms with Gasteiger partial charge in [0, 0.05) is 17.7 Å². The van der Waals surface area contributed by atoms with Gasteiger partial charge in [0.05, 0.1) is 5.25 Å². The van der Waals surface area contributed by atoms with Crippen LogP contribution in [0, 0.1) is 5.92 Å². The van der Waals surface area contributed by atoms with Gasteiger partial charge in [-0.15, -0.1) is 5.10 Å².